The maximum atomic E-state index is 11.9. The molecule has 0 bridgehead atoms. The van der Waals surface area contributed by atoms with Crippen LogP contribution in [0.4, 0.5) is 13.2 Å². The smallest absolute Gasteiger partial charge is 0.378 e. The van der Waals surface area contributed by atoms with E-state index in [2.05, 4.69) is 4.98 Å². The van der Waals surface area contributed by atoms with Crippen LogP contribution < -0.4 is 5.46 Å². The van der Waals surface area contributed by atoms with E-state index in [4.69, 9.17) is 13.0 Å². The Kier molecular flexibility index (Phi) is 2.61. The minimum Gasteiger partial charge on any atom is -0.378 e. The Bertz CT molecular complexity index is 285. The highest BCUT2D eigenvalue weighted by Crippen LogP contribution is 2.30. The van der Waals surface area contributed by atoms with Gasteiger partial charge in [-0.15, -0.1) is 0 Å². The second-order valence-corrected chi connectivity index (χ2v) is 2.46. The van der Waals surface area contributed by atoms with Crippen LogP contribution in [0.2, 0.25) is 0 Å². The lowest BCUT2D eigenvalue weighted by Crippen LogP contribution is -2.22. The fourth-order valence-corrected chi connectivity index (χ4v) is 0.746. The van der Waals surface area contributed by atoms with Gasteiger partial charge < -0.3 is 5.11 Å². The average molecular weight is 187 g/mol. The Balaban J connectivity index is 2.90. The van der Waals surface area contributed by atoms with Gasteiger partial charge in [0.1, 0.15) is 7.85 Å². The topological polar surface area (TPSA) is 33.1 Å². The van der Waals surface area contributed by atoms with Crippen molar-refractivity contribution in [1.29, 1.82) is 0 Å². The minimum absolute atomic E-state index is 0.248. The first-order chi connectivity index (χ1) is 5.91. The van der Waals surface area contributed by atoms with Gasteiger partial charge in [0, 0.05) is 6.20 Å². The van der Waals surface area contributed by atoms with Gasteiger partial charge >= 0.3 is 6.18 Å². The predicted octanol–water partition coefficient (Wildman–Crippen LogP) is 0.471. The van der Waals surface area contributed by atoms with Crippen molar-refractivity contribution in [3.05, 3.63) is 24.0 Å². The molecule has 68 valence electrons. The molecule has 0 aliphatic carbocycles. The van der Waals surface area contributed by atoms with E-state index in [1.165, 1.54) is 6.07 Å². The molecule has 2 radical (unpaired) electrons. The van der Waals surface area contributed by atoms with E-state index in [1.54, 1.807) is 0 Å². The number of nitrogens with zero attached hydrogens (tertiary/aromatic N) is 1. The van der Waals surface area contributed by atoms with Crippen molar-refractivity contribution in [2.24, 2.45) is 0 Å². The van der Waals surface area contributed by atoms with Crippen molar-refractivity contribution >= 4 is 13.3 Å². The maximum absolute atomic E-state index is 11.9. The molecule has 1 atom stereocenters. The van der Waals surface area contributed by atoms with E-state index in [1.807, 2.05) is 0 Å². The second-order valence-electron chi connectivity index (χ2n) is 2.46. The zero-order valence-corrected chi connectivity index (χ0v) is 6.42. The minimum atomic E-state index is -4.69. The number of hydrogen-bond donors (Lipinski definition) is 1. The molecule has 1 aromatic rings. The van der Waals surface area contributed by atoms with Gasteiger partial charge in [-0.1, -0.05) is 11.5 Å². The van der Waals surface area contributed by atoms with Gasteiger partial charge in [-0.05, 0) is 6.07 Å². The van der Waals surface area contributed by atoms with Crippen LogP contribution in [0.25, 0.3) is 0 Å². The number of hydrogen-bond acceptors (Lipinski definition) is 2. The molecular weight excluding hydrogens is 182 g/mol. The van der Waals surface area contributed by atoms with E-state index in [0.29, 0.717) is 0 Å². The molecule has 1 rings (SSSR count). The van der Waals surface area contributed by atoms with Crippen molar-refractivity contribution < 1.29 is 18.3 Å². The quantitative estimate of drug-likeness (QED) is 0.648. The maximum Gasteiger partial charge on any atom is 0.420 e. The van der Waals surface area contributed by atoms with Crippen LogP contribution in [0.15, 0.2) is 18.3 Å². The molecular formula is C7H5BF3NO. The first-order valence-corrected chi connectivity index (χ1v) is 3.37. The molecule has 0 spiro atoms. The van der Waals surface area contributed by atoms with Crippen LogP contribution in [-0.4, -0.2) is 24.1 Å². The van der Waals surface area contributed by atoms with Crippen LogP contribution in [-0.2, 0) is 0 Å². The molecule has 0 aliphatic heterocycles. The van der Waals surface area contributed by atoms with Gasteiger partial charge in [0.2, 0.25) is 0 Å². The van der Waals surface area contributed by atoms with Crippen molar-refractivity contribution in [3.63, 3.8) is 0 Å². The molecule has 2 nitrogen and oxygen atoms in total. The van der Waals surface area contributed by atoms with Crippen molar-refractivity contribution in [3.8, 4) is 0 Å². The fourth-order valence-electron chi connectivity index (χ4n) is 0.746. The largest absolute Gasteiger partial charge is 0.420 e. The Morgan fingerprint density at radius 3 is 2.38 bits per heavy atom. The van der Waals surface area contributed by atoms with Crippen LogP contribution in [0.3, 0.4) is 0 Å². The summed E-state index contributed by atoms with van der Waals surface area (Å²) in [6, 6.07) is 2.28. The number of aliphatic hydroxyl groups is 1. The number of aliphatic hydroxyl groups excluding tert-OH is 1. The first kappa shape index (κ1) is 10.0. The molecule has 1 N–H and O–H groups in total. The summed E-state index contributed by atoms with van der Waals surface area (Å²) in [6.45, 7) is 0. The molecule has 0 saturated carbocycles. The summed E-state index contributed by atoms with van der Waals surface area (Å²) in [4.78, 5) is 3.35. The third-order valence-electron chi connectivity index (χ3n) is 1.40. The summed E-state index contributed by atoms with van der Waals surface area (Å²) in [5, 5.41) is 8.72. The van der Waals surface area contributed by atoms with Gasteiger partial charge in [-0.3, -0.25) is 4.98 Å². The molecule has 1 heterocycles. The molecule has 6 heteroatoms. The zero-order chi connectivity index (χ0) is 10.1. The van der Waals surface area contributed by atoms with E-state index < -0.39 is 18.0 Å². The molecule has 0 amide bonds. The van der Waals surface area contributed by atoms with E-state index in [9.17, 15) is 13.2 Å². The van der Waals surface area contributed by atoms with Crippen molar-refractivity contribution in [1.82, 2.24) is 4.98 Å². The SMILES string of the molecule is [B]c1ccc(C(O)C(F)(F)F)nc1. The Morgan fingerprint density at radius 1 is 1.38 bits per heavy atom. The van der Waals surface area contributed by atoms with Gasteiger partial charge in [0.15, 0.2) is 6.10 Å². The predicted molar refractivity (Wildman–Crippen MR) is 40.6 cm³/mol. The Hall–Kier alpha value is -1.04. The number of alkyl halides is 3. The molecule has 1 aromatic heterocycles. The van der Waals surface area contributed by atoms with Crippen molar-refractivity contribution in [2.75, 3.05) is 0 Å². The van der Waals surface area contributed by atoms with Gasteiger partial charge in [0.25, 0.3) is 0 Å². The first-order valence-electron chi connectivity index (χ1n) is 3.37. The highest BCUT2D eigenvalue weighted by Gasteiger charge is 2.40. The summed E-state index contributed by atoms with van der Waals surface area (Å²) in [5.74, 6) is 0. The number of aromatic nitrogens is 1. The summed E-state index contributed by atoms with van der Waals surface area (Å²) < 4.78 is 35.7. The van der Waals surface area contributed by atoms with Gasteiger partial charge in [0.05, 0.1) is 5.69 Å². The summed E-state index contributed by atoms with van der Waals surface area (Å²) in [5.41, 5.74) is -0.208. The lowest BCUT2D eigenvalue weighted by Gasteiger charge is -2.13. The Morgan fingerprint density at radius 2 is 2.00 bits per heavy atom. The Labute approximate surface area is 73.8 Å². The lowest BCUT2D eigenvalue weighted by atomic mass is 9.98. The average Bonchev–Trinajstić information content (AvgIpc) is 2.03. The second kappa shape index (κ2) is 3.37. The number of pyridine rings is 1. The van der Waals surface area contributed by atoms with Gasteiger partial charge in [-0.2, -0.15) is 13.2 Å². The third-order valence-corrected chi connectivity index (χ3v) is 1.40. The number of halogens is 3. The van der Waals surface area contributed by atoms with Crippen LogP contribution in [0.1, 0.15) is 11.8 Å². The zero-order valence-electron chi connectivity index (χ0n) is 6.42. The van der Waals surface area contributed by atoms with Crippen molar-refractivity contribution in [2.45, 2.75) is 12.3 Å². The molecule has 1 unspecified atom stereocenters. The lowest BCUT2D eigenvalue weighted by molar-refractivity contribution is -0.207. The fraction of sp³-hybridized carbons (Fsp3) is 0.286. The van der Waals surface area contributed by atoms with E-state index in [-0.39, 0.29) is 5.46 Å². The molecule has 13 heavy (non-hydrogen) atoms. The summed E-state index contributed by atoms with van der Waals surface area (Å²) >= 11 is 0. The summed E-state index contributed by atoms with van der Waals surface area (Å²) in [6.07, 6.45) is -6.18. The number of rotatable bonds is 1. The van der Waals surface area contributed by atoms with Gasteiger partial charge in [-0.25, -0.2) is 0 Å². The van der Waals surface area contributed by atoms with E-state index in [0.717, 1.165) is 12.3 Å². The van der Waals surface area contributed by atoms with Crippen LogP contribution in [0.5, 0.6) is 0 Å². The standard InChI is InChI=1S/C7H5BF3NO/c8-4-1-2-5(12-3-4)6(13)7(9,10)11/h1-3,6,13H. The molecule has 0 aromatic carbocycles. The normalized spacial score (nSPS) is 14.2. The van der Waals surface area contributed by atoms with Crippen LogP contribution >= 0.6 is 0 Å². The highest BCUT2D eigenvalue weighted by atomic mass is 19.4. The van der Waals surface area contributed by atoms with Crippen LogP contribution in [0, 0.1) is 0 Å². The molecule has 0 aliphatic rings. The monoisotopic (exact) mass is 187 g/mol. The third kappa shape index (κ3) is 2.45. The van der Waals surface area contributed by atoms with E-state index >= 15 is 0 Å². The molecule has 0 saturated heterocycles. The highest BCUT2D eigenvalue weighted by molar-refractivity contribution is 6.31. The molecule has 0 fully saturated rings. The summed E-state index contributed by atoms with van der Waals surface area (Å²) in [7, 11) is 5.21.